The van der Waals surface area contributed by atoms with Crippen LogP contribution in [0.25, 0.3) is 0 Å². The van der Waals surface area contributed by atoms with Crippen LogP contribution in [-0.4, -0.2) is 23.1 Å². The van der Waals surface area contributed by atoms with Crippen molar-refractivity contribution in [3.63, 3.8) is 0 Å². The number of amidine groups is 1. The first kappa shape index (κ1) is 22.8. The number of hydrogen-bond acceptors (Lipinski definition) is 4. The van der Waals surface area contributed by atoms with Gasteiger partial charge in [0, 0.05) is 5.56 Å². The van der Waals surface area contributed by atoms with E-state index in [9.17, 15) is 29.3 Å². The summed E-state index contributed by atoms with van der Waals surface area (Å²) in [4.78, 5) is 14.7. The summed E-state index contributed by atoms with van der Waals surface area (Å²) in [5, 5.41) is 15.4. The lowest BCUT2D eigenvalue weighted by Crippen LogP contribution is -2.46. The smallest absolute Gasteiger partial charge is 0.310 e. The fourth-order valence-electron chi connectivity index (χ4n) is 2.95. The normalized spacial score (nSPS) is 19.3. The van der Waals surface area contributed by atoms with Crippen LogP contribution in [0.3, 0.4) is 0 Å². The van der Waals surface area contributed by atoms with E-state index < -0.39 is 32.8 Å². The van der Waals surface area contributed by atoms with Crippen molar-refractivity contribution in [3.8, 4) is 0 Å². The molecule has 0 fully saturated rings. The zero-order chi connectivity index (χ0) is 23.1. The second-order valence-corrected chi connectivity index (χ2v) is 9.94. The maximum absolute atomic E-state index is 12.9. The van der Waals surface area contributed by atoms with Crippen molar-refractivity contribution < 1.29 is 29.3 Å². The van der Waals surface area contributed by atoms with E-state index in [2.05, 4.69) is 15.6 Å². The molecule has 1 atom stereocenters. The molecule has 3 N–H and O–H groups in total. The number of aliphatic imine (C=N–C) groups is 1. The van der Waals surface area contributed by atoms with Gasteiger partial charge in [-0.1, -0.05) is 61.9 Å². The van der Waals surface area contributed by atoms with E-state index in [1.54, 1.807) is 30.3 Å². The third kappa shape index (κ3) is 5.42. The molecular formula is C20H20F5N3O2S. The average molecular weight is 461 g/mol. The molecule has 168 valence electrons. The van der Waals surface area contributed by atoms with E-state index in [4.69, 9.17) is 0 Å². The molecule has 5 nitrogen and oxygen atoms in total. The number of amides is 1. The largest absolute Gasteiger partial charge is 0.368 e. The summed E-state index contributed by atoms with van der Waals surface area (Å²) in [6.45, 7) is 3.01. The molecule has 0 radical (unpaired) electrons. The van der Waals surface area contributed by atoms with E-state index in [-0.39, 0.29) is 17.1 Å². The Labute approximate surface area is 175 Å². The second kappa shape index (κ2) is 6.79. The lowest BCUT2D eigenvalue weighted by atomic mass is 9.94. The molecule has 31 heavy (non-hydrogen) atoms. The second-order valence-electron chi connectivity index (χ2n) is 7.54. The molecule has 11 heteroatoms. The maximum Gasteiger partial charge on any atom is 0.310 e. The van der Waals surface area contributed by atoms with E-state index in [1.807, 2.05) is 0 Å². The molecule has 0 spiro atoms. The van der Waals surface area contributed by atoms with Crippen LogP contribution >= 0.6 is 10.2 Å². The molecule has 0 bridgehead atoms. The molecule has 0 aromatic heterocycles. The van der Waals surface area contributed by atoms with Crippen LogP contribution in [0.5, 0.6) is 0 Å². The molecule has 1 amide bonds. The van der Waals surface area contributed by atoms with Crippen molar-refractivity contribution in [1.82, 2.24) is 10.6 Å². The lowest BCUT2D eigenvalue weighted by molar-refractivity contribution is -0.119. The van der Waals surface area contributed by atoms with Gasteiger partial charge >= 0.3 is 10.2 Å². The Bertz CT molecular complexity index is 1070. The summed E-state index contributed by atoms with van der Waals surface area (Å²) in [7, 11) is -9.78. The predicted molar refractivity (Wildman–Crippen MR) is 109 cm³/mol. The van der Waals surface area contributed by atoms with Crippen molar-refractivity contribution in [2.24, 2.45) is 4.99 Å². The van der Waals surface area contributed by atoms with Crippen LogP contribution in [0.2, 0.25) is 0 Å². The van der Waals surface area contributed by atoms with Gasteiger partial charge in [-0.2, -0.15) is 0 Å². The van der Waals surface area contributed by atoms with Crippen LogP contribution in [0, 0.1) is 0 Å². The van der Waals surface area contributed by atoms with Crippen LogP contribution in [-0.2, 0) is 10.3 Å². The van der Waals surface area contributed by atoms with Crippen molar-refractivity contribution in [1.29, 1.82) is 0 Å². The fourth-order valence-corrected chi connectivity index (χ4v) is 3.60. The van der Waals surface area contributed by atoms with Gasteiger partial charge in [-0.15, -0.1) is 0 Å². The number of aliphatic hydroxyl groups excluding tert-OH is 1. The molecule has 0 aliphatic carbocycles. The summed E-state index contributed by atoms with van der Waals surface area (Å²) >= 11 is 0. The molecular weight excluding hydrogens is 441 g/mol. The Morgan fingerprint density at radius 1 is 1.03 bits per heavy atom. The third-order valence-electron chi connectivity index (χ3n) is 4.57. The summed E-state index contributed by atoms with van der Waals surface area (Å²) < 4.78 is 64.6. The Morgan fingerprint density at radius 2 is 1.61 bits per heavy atom. The molecule has 1 aliphatic rings. The van der Waals surface area contributed by atoms with Gasteiger partial charge in [-0.3, -0.25) is 4.79 Å². The van der Waals surface area contributed by atoms with Crippen molar-refractivity contribution in [2.45, 2.75) is 30.5 Å². The Balaban J connectivity index is 1.78. The summed E-state index contributed by atoms with van der Waals surface area (Å²) in [5.74, 6) is -0.400. The summed E-state index contributed by atoms with van der Waals surface area (Å²) in [6, 6.07) is 11.1. The Hall–Kier alpha value is -2.92. The fraction of sp³-hybridized carbons (Fsp3) is 0.200. The number of aliphatic hydroxyl groups is 1. The molecule has 3 rings (SSSR count). The number of carbonyl (C=O) groups excluding carboxylic acids is 1. The van der Waals surface area contributed by atoms with Gasteiger partial charge in [0.1, 0.15) is 16.4 Å². The number of nitrogens with one attached hydrogen (secondary N) is 2. The van der Waals surface area contributed by atoms with Crippen molar-refractivity contribution in [3.05, 3.63) is 77.5 Å². The van der Waals surface area contributed by atoms with Crippen LogP contribution < -0.4 is 10.6 Å². The highest BCUT2D eigenvalue weighted by Gasteiger charge is 2.65. The maximum atomic E-state index is 12.9. The topological polar surface area (TPSA) is 73.7 Å². The zero-order valence-electron chi connectivity index (χ0n) is 16.5. The Morgan fingerprint density at radius 3 is 2.16 bits per heavy atom. The third-order valence-corrected chi connectivity index (χ3v) is 5.73. The number of benzene rings is 2. The standard InChI is InChI=1S/C20H20F5N3O2S/c1-20(2,14-8-10-15(11-9-14)31(21,22,23,24)25)28-19(30)16-12-17(29)27-18(26-16)13-6-4-3-5-7-13/h3-12,17,29H,1-2H3,(H,26,27)(H,28,30). The highest BCUT2D eigenvalue weighted by Crippen LogP contribution is 3.02. The van der Waals surface area contributed by atoms with Gasteiger partial charge in [0.15, 0.2) is 6.23 Å². The van der Waals surface area contributed by atoms with Gasteiger partial charge < -0.3 is 15.7 Å². The predicted octanol–water partition coefficient (Wildman–Crippen LogP) is 4.95. The quantitative estimate of drug-likeness (QED) is 0.552. The highest BCUT2D eigenvalue weighted by atomic mass is 32.5. The van der Waals surface area contributed by atoms with E-state index in [1.165, 1.54) is 19.9 Å². The molecule has 2 aromatic rings. The summed E-state index contributed by atoms with van der Waals surface area (Å²) in [6.07, 6.45) is -0.105. The highest BCUT2D eigenvalue weighted by molar-refractivity contribution is 8.45. The summed E-state index contributed by atoms with van der Waals surface area (Å²) in [5.41, 5.74) is -0.410. The molecule has 0 saturated heterocycles. The molecule has 0 saturated carbocycles. The number of carbonyl (C=O) groups is 1. The van der Waals surface area contributed by atoms with Crippen LogP contribution in [0.4, 0.5) is 19.4 Å². The Kier molecular flexibility index (Phi) is 4.99. The first-order chi connectivity index (χ1) is 14.0. The minimum atomic E-state index is -9.78. The minimum absolute atomic E-state index is 0.0157. The minimum Gasteiger partial charge on any atom is -0.368 e. The number of nitrogens with zero attached hydrogens (tertiary/aromatic N) is 1. The first-order valence-corrected chi connectivity index (χ1v) is 11.0. The number of hydrogen-bond donors (Lipinski definition) is 3. The van der Waals surface area contributed by atoms with Gasteiger partial charge in [0.2, 0.25) is 0 Å². The van der Waals surface area contributed by atoms with Gasteiger partial charge in [0.05, 0.1) is 5.54 Å². The van der Waals surface area contributed by atoms with Crippen LogP contribution in [0.1, 0.15) is 25.0 Å². The van der Waals surface area contributed by atoms with Gasteiger partial charge in [0.25, 0.3) is 5.91 Å². The van der Waals surface area contributed by atoms with E-state index in [0.717, 1.165) is 12.1 Å². The number of rotatable bonds is 5. The van der Waals surface area contributed by atoms with E-state index in [0.29, 0.717) is 17.7 Å². The molecule has 1 aliphatic heterocycles. The molecule has 2 aromatic carbocycles. The lowest BCUT2D eigenvalue weighted by Gasteiger charge is -2.40. The number of halogens is 5. The van der Waals surface area contributed by atoms with Crippen molar-refractivity contribution >= 4 is 22.0 Å². The van der Waals surface area contributed by atoms with Crippen LogP contribution in [0.15, 0.2) is 76.3 Å². The van der Waals surface area contributed by atoms with Crippen molar-refractivity contribution in [2.75, 3.05) is 0 Å². The van der Waals surface area contributed by atoms with E-state index >= 15 is 0 Å². The van der Waals surface area contributed by atoms with Gasteiger partial charge in [-0.05, 0) is 37.6 Å². The zero-order valence-corrected chi connectivity index (χ0v) is 17.3. The first-order valence-electron chi connectivity index (χ1n) is 9.02. The monoisotopic (exact) mass is 461 g/mol. The molecule has 1 unspecified atom stereocenters. The SMILES string of the molecule is CC(C)(NC(=O)C1=CC(O)N=C(c2ccccc2)N1)c1ccc(S(F)(F)(F)(F)F)cc1. The van der Waals surface area contributed by atoms with Gasteiger partial charge in [-0.25, -0.2) is 4.99 Å². The molecule has 1 heterocycles. The average Bonchev–Trinajstić information content (AvgIpc) is 2.66.